The molecule has 1 N–H and O–H groups in total. The number of hydrogen-bond acceptors (Lipinski definition) is 6. The third-order valence-electron chi connectivity index (χ3n) is 2.45. The number of esters is 1. The molecule has 1 fully saturated rings. The number of rotatable bonds is 2. The van der Waals surface area contributed by atoms with Crippen LogP contribution in [-0.4, -0.2) is 42.8 Å². The second-order valence-electron chi connectivity index (χ2n) is 4.07. The van der Waals surface area contributed by atoms with E-state index in [1.807, 2.05) is 0 Å². The first kappa shape index (κ1) is 11.4. The molecule has 6 heteroatoms. The van der Waals surface area contributed by atoms with Gasteiger partial charge in [-0.2, -0.15) is 0 Å². The summed E-state index contributed by atoms with van der Waals surface area (Å²) >= 11 is 0. The molecule has 2 atom stereocenters. The molecule has 2 aliphatic heterocycles. The molecule has 0 aromatic rings. The van der Waals surface area contributed by atoms with Gasteiger partial charge in [0.05, 0.1) is 13.7 Å². The first-order chi connectivity index (χ1) is 7.44. The van der Waals surface area contributed by atoms with Crippen molar-refractivity contribution in [2.75, 3.05) is 13.7 Å². The number of carbonyl (C=O) groups is 1. The largest absolute Gasteiger partial charge is 0.494 e. The molecule has 1 saturated heterocycles. The average molecular weight is 230 g/mol. The zero-order valence-corrected chi connectivity index (χ0v) is 9.35. The molecule has 0 aliphatic carbocycles. The van der Waals surface area contributed by atoms with Crippen molar-refractivity contribution in [2.24, 2.45) is 0 Å². The van der Waals surface area contributed by atoms with Crippen molar-refractivity contribution >= 4 is 5.97 Å². The molecule has 0 bridgehead atoms. The number of aliphatic hydroxyl groups is 1. The maximum atomic E-state index is 11.2. The van der Waals surface area contributed by atoms with Crippen molar-refractivity contribution in [3.63, 3.8) is 0 Å². The van der Waals surface area contributed by atoms with Crippen LogP contribution in [0.4, 0.5) is 0 Å². The second-order valence-corrected chi connectivity index (χ2v) is 4.07. The van der Waals surface area contributed by atoms with Crippen LogP contribution in [0.1, 0.15) is 13.8 Å². The van der Waals surface area contributed by atoms with Gasteiger partial charge in [-0.3, -0.25) is 0 Å². The van der Waals surface area contributed by atoms with E-state index in [9.17, 15) is 9.90 Å². The lowest BCUT2D eigenvalue weighted by molar-refractivity contribution is -0.150. The number of ether oxygens (including phenoxy) is 4. The monoisotopic (exact) mass is 230 g/mol. The fourth-order valence-electron chi connectivity index (χ4n) is 1.71. The van der Waals surface area contributed by atoms with Crippen molar-refractivity contribution in [3.05, 3.63) is 11.5 Å². The highest BCUT2D eigenvalue weighted by molar-refractivity contribution is 5.81. The fourth-order valence-corrected chi connectivity index (χ4v) is 1.71. The molecule has 0 saturated carbocycles. The van der Waals surface area contributed by atoms with E-state index < -0.39 is 24.0 Å². The van der Waals surface area contributed by atoms with Crippen molar-refractivity contribution in [2.45, 2.75) is 31.8 Å². The van der Waals surface area contributed by atoms with Gasteiger partial charge < -0.3 is 24.1 Å². The summed E-state index contributed by atoms with van der Waals surface area (Å²) in [6, 6.07) is 0. The SMILES string of the molecule is COC1=C(C2COC(C)(C)O2)OC(=O)C1O. The molecule has 0 aromatic heterocycles. The Morgan fingerprint density at radius 2 is 2.19 bits per heavy atom. The van der Waals surface area contributed by atoms with E-state index in [1.165, 1.54) is 7.11 Å². The van der Waals surface area contributed by atoms with Crippen molar-refractivity contribution < 1.29 is 28.8 Å². The van der Waals surface area contributed by atoms with Gasteiger partial charge in [0, 0.05) is 0 Å². The standard InChI is InChI=1S/C10H14O6/c1-10(2)14-4-5(16-10)7-8(13-3)6(11)9(12)15-7/h5-6,11H,4H2,1-3H3. The van der Waals surface area contributed by atoms with E-state index in [-0.39, 0.29) is 18.1 Å². The minimum absolute atomic E-state index is 0.0938. The Hall–Kier alpha value is -1.11. The lowest BCUT2D eigenvalue weighted by Gasteiger charge is -2.17. The second kappa shape index (κ2) is 3.73. The summed E-state index contributed by atoms with van der Waals surface area (Å²) in [6.07, 6.45) is -1.89. The fraction of sp³-hybridized carbons (Fsp3) is 0.700. The molecule has 2 aliphatic rings. The zero-order valence-electron chi connectivity index (χ0n) is 9.35. The summed E-state index contributed by atoms with van der Waals surface area (Å²) in [5.41, 5.74) is 0. The Balaban J connectivity index is 2.21. The van der Waals surface area contributed by atoms with E-state index in [1.54, 1.807) is 13.8 Å². The Morgan fingerprint density at radius 1 is 1.50 bits per heavy atom. The van der Waals surface area contributed by atoms with E-state index >= 15 is 0 Å². The van der Waals surface area contributed by atoms with Crippen LogP contribution in [0, 0.1) is 0 Å². The number of carbonyl (C=O) groups excluding carboxylic acids is 1. The molecule has 0 spiro atoms. The molecular weight excluding hydrogens is 216 g/mol. The first-order valence-corrected chi connectivity index (χ1v) is 4.94. The molecule has 90 valence electrons. The average Bonchev–Trinajstić information content (AvgIpc) is 2.69. The topological polar surface area (TPSA) is 74.2 Å². The number of cyclic esters (lactones) is 1. The van der Waals surface area contributed by atoms with E-state index in [2.05, 4.69) is 0 Å². The van der Waals surface area contributed by atoms with Gasteiger partial charge in [-0.1, -0.05) is 0 Å². The summed E-state index contributed by atoms with van der Waals surface area (Å²) in [5.74, 6) is -1.18. The van der Waals surface area contributed by atoms with Crippen LogP contribution in [0.2, 0.25) is 0 Å². The number of hydrogen-bond donors (Lipinski definition) is 1. The lowest BCUT2D eigenvalue weighted by atomic mass is 10.2. The van der Waals surface area contributed by atoms with Crippen molar-refractivity contribution in [1.29, 1.82) is 0 Å². The summed E-state index contributed by atoms with van der Waals surface area (Å²) in [6.45, 7) is 3.77. The van der Waals surface area contributed by atoms with Crippen LogP contribution in [0.5, 0.6) is 0 Å². The summed E-state index contributed by atoms with van der Waals surface area (Å²) in [4.78, 5) is 11.2. The van der Waals surface area contributed by atoms with Crippen LogP contribution in [0.15, 0.2) is 11.5 Å². The quantitative estimate of drug-likeness (QED) is 0.668. The molecular formula is C10H14O6. The highest BCUT2D eigenvalue weighted by Gasteiger charge is 2.44. The summed E-state index contributed by atoms with van der Waals surface area (Å²) in [5, 5.41) is 9.46. The smallest absolute Gasteiger partial charge is 0.348 e. The Kier molecular flexibility index (Phi) is 2.65. The van der Waals surface area contributed by atoms with Crippen LogP contribution in [0.3, 0.4) is 0 Å². The molecule has 16 heavy (non-hydrogen) atoms. The van der Waals surface area contributed by atoms with Crippen LogP contribution >= 0.6 is 0 Å². The molecule has 2 rings (SSSR count). The van der Waals surface area contributed by atoms with Gasteiger partial charge >= 0.3 is 5.97 Å². The Labute approximate surface area is 92.7 Å². The minimum Gasteiger partial charge on any atom is -0.494 e. The van der Waals surface area contributed by atoms with Gasteiger partial charge in [0.15, 0.2) is 17.3 Å². The maximum Gasteiger partial charge on any atom is 0.348 e. The summed E-state index contributed by atoms with van der Waals surface area (Å²) < 4.78 is 20.7. The molecule has 0 radical (unpaired) electrons. The maximum absolute atomic E-state index is 11.2. The van der Waals surface area contributed by atoms with Gasteiger partial charge in [0.1, 0.15) is 6.10 Å². The predicted molar refractivity (Wildman–Crippen MR) is 51.0 cm³/mol. The van der Waals surface area contributed by atoms with Gasteiger partial charge in [0.25, 0.3) is 0 Å². The Morgan fingerprint density at radius 3 is 2.69 bits per heavy atom. The van der Waals surface area contributed by atoms with E-state index in [0.29, 0.717) is 0 Å². The zero-order chi connectivity index (χ0) is 11.9. The molecule has 2 heterocycles. The van der Waals surface area contributed by atoms with Crippen molar-refractivity contribution in [3.8, 4) is 0 Å². The highest BCUT2D eigenvalue weighted by Crippen LogP contribution is 2.32. The normalized spacial score (nSPS) is 33.1. The van der Waals surface area contributed by atoms with Crippen LogP contribution in [0.25, 0.3) is 0 Å². The predicted octanol–water partition coefficient (Wildman–Crippen LogP) is -0.0864. The molecule has 0 amide bonds. The van der Waals surface area contributed by atoms with Gasteiger partial charge in [-0.25, -0.2) is 4.79 Å². The van der Waals surface area contributed by atoms with Gasteiger partial charge in [0.2, 0.25) is 6.10 Å². The van der Waals surface area contributed by atoms with Gasteiger partial charge in [-0.05, 0) is 13.8 Å². The van der Waals surface area contributed by atoms with Crippen LogP contribution < -0.4 is 0 Å². The third kappa shape index (κ3) is 1.79. The van der Waals surface area contributed by atoms with E-state index in [0.717, 1.165) is 0 Å². The minimum atomic E-state index is -1.37. The Bertz CT molecular complexity index is 345. The van der Waals surface area contributed by atoms with E-state index in [4.69, 9.17) is 18.9 Å². The molecule has 2 unspecified atom stereocenters. The molecule has 6 nitrogen and oxygen atoms in total. The van der Waals surface area contributed by atoms with Gasteiger partial charge in [-0.15, -0.1) is 0 Å². The third-order valence-corrected chi connectivity index (χ3v) is 2.45. The van der Waals surface area contributed by atoms with Crippen LogP contribution in [-0.2, 0) is 23.7 Å². The summed E-state index contributed by atoms with van der Waals surface area (Å²) in [7, 11) is 1.36. The number of methoxy groups -OCH3 is 1. The molecule has 0 aromatic carbocycles. The highest BCUT2D eigenvalue weighted by atomic mass is 16.8. The van der Waals surface area contributed by atoms with Crippen molar-refractivity contribution in [1.82, 2.24) is 0 Å². The first-order valence-electron chi connectivity index (χ1n) is 4.94. The lowest BCUT2D eigenvalue weighted by Crippen LogP contribution is -2.23. The number of aliphatic hydroxyl groups excluding tert-OH is 1.